The number of oxime groups is 1. The third-order valence-corrected chi connectivity index (χ3v) is 6.45. The standard InChI is InChI=1S/C25H30FN5O4/c1-4-24(32)31-9-7-17(8-10-31)22-13-20(30-35-22)19-12-21(29-15(2)28-19)25(33)27-14-16-5-6-18(26)23(11-16)34-3/h5-6,11-12,17,22H,4,7-10,13-14H2,1-3H3,(H,27,33). The highest BCUT2D eigenvalue weighted by atomic mass is 19.1. The summed E-state index contributed by atoms with van der Waals surface area (Å²) in [5.74, 6) is 0.242. The lowest BCUT2D eigenvalue weighted by atomic mass is 9.88. The fourth-order valence-electron chi connectivity index (χ4n) is 4.46. The molecule has 1 atom stereocenters. The average Bonchev–Trinajstić information content (AvgIpc) is 3.38. The fraction of sp³-hybridized carbons (Fsp3) is 0.480. The molecule has 0 aliphatic carbocycles. The number of aryl methyl sites for hydroxylation is 1. The quantitative estimate of drug-likeness (QED) is 0.649. The maximum Gasteiger partial charge on any atom is 0.270 e. The van der Waals surface area contributed by atoms with Crippen LogP contribution in [0.3, 0.4) is 0 Å². The molecular weight excluding hydrogens is 453 g/mol. The molecule has 1 fully saturated rings. The summed E-state index contributed by atoms with van der Waals surface area (Å²) in [5.41, 5.74) is 2.17. The van der Waals surface area contributed by atoms with Crippen LogP contribution in [0.1, 0.15) is 60.2 Å². The van der Waals surface area contributed by atoms with Crippen LogP contribution in [0.15, 0.2) is 29.4 Å². The van der Waals surface area contributed by atoms with Crippen LogP contribution in [0.4, 0.5) is 4.39 Å². The molecule has 0 bridgehead atoms. The Morgan fingerprint density at radius 3 is 2.71 bits per heavy atom. The van der Waals surface area contributed by atoms with Gasteiger partial charge in [0.15, 0.2) is 11.6 Å². The number of piperidine rings is 1. The van der Waals surface area contributed by atoms with Gasteiger partial charge in [0.1, 0.15) is 23.3 Å². The first kappa shape index (κ1) is 24.6. The lowest BCUT2D eigenvalue weighted by Crippen LogP contribution is -2.41. The van der Waals surface area contributed by atoms with Gasteiger partial charge in [-0.25, -0.2) is 14.4 Å². The van der Waals surface area contributed by atoms with Crippen LogP contribution in [0.5, 0.6) is 5.75 Å². The smallest absolute Gasteiger partial charge is 0.270 e. The minimum absolute atomic E-state index is 0.0649. The van der Waals surface area contributed by atoms with E-state index in [4.69, 9.17) is 9.57 Å². The van der Waals surface area contributed by atoms with Gasteiger partial charge in [-0.1, -0.05) is 18.1 Å². The molecule has 2 aromatic rings. The minimum atomic E-state index is -0.462. The maximum absolute atomic E-state index is 13.6. The second kappa shape index (κ2) is 10.8. The van der Waals surface area contributed by atoms with E-state index in [0.29, 0.717) is 41.6 Å². The molecule has 10 heteroatoms. The number of methoxy groups -OCH3 is 1. The fourth-order valence-corrected chi connectivity index (χ4v) is 4.46. The Bertz CT molecular complexity index is 1130. The van der Waals surface area contributed by atoms with E-state index in [1.165, 1.54) is 13.2 Å². The first-order valence-corrected chi connectivity index (χ1v) is 11.8. The van der Waals surface area contributed by atoms with Gasteiger partial charge in [-0.2, -0.15) is 0 Å². The van der Waals surface area contributed by atoms with Gasteiger partial charge in [0, 0.05) is 38.4 Å². The van der Waals surface area contributed by atoms with E-state index in [1.807, 2.05) is 11.8 Å². The van der Waals surface area contributed by atoms with Crippen molar-refractivity contribution in [3.63, 3.8) is 0 Å². The summed E-state index contributed by atoms with van der Waals surface area (Å²) in [6.45, 7) is 5.28. The van der Waals surface area contributed by atoms with Gasteiger partial charge in [-0.05, 0) is 43.5 Å². The number of hydrogen-bond donors (Lipinski definition) is 1. The summed E-state index contributed by atoms with van der Waals surface area (Å²) in [4.78, 5) is 41.1. The molecule has 35 heavy (non-hydrogen) atoms. The van der Waals surface area contributed by atoms with Crippen LogP contribution < -0.4 is 10.1 Å². The number of carbonyl (C=O) groups is 2. The number of aromatic nitrogens is 2. The Labute approximate surface area is 203 Å². The van der Waals surface area contributed by atoms with Crippen molar-refractivity contribution in [1.29, 1.82) is 0 Å². The summed E-state index contributed by atoms with van der Waals surface area (Å²) >= 11 is 0. The second-order valence-electron chi connectivity index (χ2n) is 8.79. The molecular formula is C25H30FN5O4. The Balaban J connectivity index is 1.37. The number of benzene rings is 1. The van der Waals surface area contributed by atoms with Crippen LogP contribution in [-0.4, -0.2) is 58.7 Å². The van der Waals surface area contributed by atoms with E-state index in [1.54, 1.807) is 25.1 Å². The van der Waals surface area contributed by atoms with Gasteiger partial charge in [-0.3, -0.25) is 9.59 Å². The summed E-state index contributed by atoms with van der Waals surface area (Å²) in [5, 5.41) is 7.06. The molecule has 1 saturated heterocycles. The monoisotopic (exact) mass is 483 g/mol. The van der Waals surface area contributed by atoms with Crippen LogP contribution in [0.2, 0.25) is 0 Å². The lowest BCUT2D eigenvalue weighted by Gasteiger charge is -2.33. The Kier molecular flexibility index (Phi) is 7.57. The zero-order valence-corrected chi connectivity index (χ0v) is 20.2. The number of halogens is 1. The molecule has 3 heterocycles. The highest BCUT2D eigenvalue weighted by Crippen LogP contribution is 2.29. The summed E-state index contributed by atoms with van der Waals surface area (Å²) in [7, 11) is 1.39. The van der Waals surface area contributed by atoms with Crippen molar-refractivity contribution in [3.05, 3.63) is 52.9 Å². The molecule has 0 spiro atoms. The van der Waals surface area contributed by atoms with E-state index in [2.05, 4.69) is 20.4 Å². The minimum Gasteiger partial charge on any atom is -0.494 e. The molecule has 0 radical (unpaired) electrons. The van der Waals surface area contributed by atoms with Gasteiger partial charge in [-0.15, -0.1) is 0 Å². The first-order chi connectivity index (χ1) is 16.9. The van der Waals surface area contributed by atoms with Gasteiger partial charge in [0.2, 0.25) is 5.91 Å². The molecule has 0 saturated carbocycles. The summed E-state index contributed by atoms with van der Waals surface area (Å²) < 4.78 is 18.6. The number of carbonyl (C=O) groups excluding carboxylic acids is 2. The van der Waals surface area contributed by atoms with E-state index < -0.39 is 5.82 Å². The van der Waals surface area contributed by atoms with Crippen molar-refractivity contribution in [2.45, 2.75) is 52.2 Å². The molecule has 9 nitrogen and oxygen atoms in total. The SMILES string of the molecule is CCC(=O)N1CCC(C2CC(c3cc(C(=O)NCc4ccc(F)c(OC)c4)nc(C)n3)=NO2)CC1. The van der Waals surface area contributed by atoms with Gasteiger partial charge in [0.05, 0.1) is 12.8 Å². The second-order valence-corrected chi connectivity index (χ2v) is 8.79. The largest absolute Gasteiger partial charge is 0.494 e. The van der Waals surface area contributed by atoms with Crippen molar-refractivity contribution in [2.75, 3.05) is 20.2 Å². The first-order valence-electron chi connectivity index (χ1n) is 11.8. The van der Waals surface area contributed by atoms with Crippen molar-refractivity contribution < 1.29 is 23.6 Å². The predicted molar refractivity (Wildman–Crippen MR) is 127 cm³/mol. The van der Waals surface area contributed by atoms with Crippen LogP contribution in [0.25, 0.3) is 0 Å². The third kappa shape index (κ3) is 5.75. The topological polar surface area (TPSA) is 106 Å². The van der Waals surface area contributed by atoms with Gasteiger partial charge < -0.3 is 19.8 Å². The summed E-state index contributed by atoms with van der Waals surface area (Å²) in [6, 6.07) is 6.04. The number of nitrogens with one attached hydrogen (secondary N) is 1. The Hall–Kier alpha value is -3.56. The van der Waals surface area contributed by atoms with Crippen LogP contribution >= 0.6 is 0 Å². The predicted octanol–water partition coefficient (Wildman–Crippen LogP) is 3.00. The van der Waals surface area contributed by atoms with Crippen molar-refractivity contribution in [2.24, 2.45) is 11.1 Å². The maximum atomic E-state index is 13.6. The molecule has 2 aliphatic heterocycles. The Morgan fingerprint density at radius 2 is 2.00 bits per heavy atom. The molecule has 1 aromatic carbocycles. The molecule has 1 aromatic heterocycles. The van der Waals surface area contributed by atoms with Gasteiger partial charge in [0.25, 0.3) is 5.91 Å². The van der Waals surface area contributed by atoms with Crippen LogP contribution in [0, 0.1) is 18.7 Å². The lowest BCUT2D eigenvalue weighted by molar-refractivity contribution is -0.133. The van der Waals surface area contributed by atoms with Crippen molar-refractivity contribution in [1.82, 2.24) is 20.2 Å². The average molecular weight is 484 g/mol. The molecule has 1 N–H and O–H groups in total. The van der Waals surface area contributed by atoms with E-state index >= 15 is 0 Å². The van der Waals surface area contributed by atoms with E-state index in [0.717, 1.165) is 25.9 Å². The number of rotatable bonds is 7. The highest BCUT2D eigenvalue weighted by Gasteiger charge is 2.34. The van der Waals surface area contributed by atoms with Gasteiger partial charge >= 0.3 is 0 Å². The van der Waals surface area contributed by atoms with E-state index in [-0.39, 0.29) is 35.9 Å². The Morgan fingerprint density at radius 1 is 1.23 bits per heavy atom. The molecule has 2 amide bonds. The zero-order valence-electron chi connectivity index (χ0n) is 20.2. The molecule has 4 rings (SSSR count). The number of nitrogens with zero attached hydrogens (tertiary/aromatic N) is 4. The highest BCUT2D eigenvalue weighted by molar-refractivity contribution is 6.01. The number of hydrogen-bond acceptors (Lipinski definition) is 7. The molecule has 2 aliphatic rings. The number of ether oxygens (including phenoxy) is 1. The molecule has 186 valence electrons. The number of amides is 2. The van der Waals surface area contributed by atoms with Crippen molar-refractivity contribution in [3.8, 4) is 5.75 Å². The van der Waals surface area contributed by atoms with E-state index in [9.17, 15) is 14.0 Å². The van der Waals surface area contributed by atoms with Crippen molar-refractivity contribution >= 4 is 17.5 Å². The zero-order chi connectivity index (χ0) is 24.9. The normalized spacial score (nSPS) is 18.1. The molecule has 1 unspecified atom stereocenters. The third-order valence-electron chi connectivity index (χ3n) is 6.45. The summed E-state index contributed by atoms with van der Waals surface area (Å²) in [6.07, 6.45) is 2.82. The number of likely N-dealkylation sites (tertiary alicyclic amines) is 1. The van der Waals surface area contributed by atoms with Crippen LogP contribution in [-0.2, 0) is 16.2 Å².